The van der Waals surface area contributed by atoms with E-state index in [2.05, 4.69) is 10.6 Å². The lowest BCUT2D eigenvalue weighted by Crippen LogP contribution is -2.33. The van der Waals surface area contributed by atoms with Crippen LogP contribution in [0.5, 0.6) is 5.75 Å². The van der Waals surface area contributed by atoms with Gasteiger partial charge in [-0.3, -0.25) is 14.4 Å². The monoisotopic (exact) mass is 609 g/mol. The van der Waals surface area contributed by atoms with Crippen molar-refractivity contribution in [3.8, 4) is 17.1 Å². The third-order valence-corrected chi connectivity index (χ3v) is 7.10. The molecule has 12 heteroatoms. The van der Waals surface area contributed by atoms with Gasteiger partial charge in [-0.15, -0.1) is 0 Å². The van der Waals surface area contributed by atoms with Gasteiger partial charge in [-0.25, -0.2) is 13.8 Å². The molecule has 0 saturated heterocycles. The minimum Gasteiger partial charge on any atom is -0.497 e. The van der Waals surface area contributed by atoms with Crippen LogP contribution in [0.1, 0.15) is 15.9 Å². The Kier molecular flexibility index (Phi) is 7.69. The number of rotatable bonds is 9. The Hall–Kier alpha value is -6.04. The topological polar surface area (TPSA) is 141 Å². The number of primary amides is 1. The first-order chi connectivity index (χ1) is 21.7. The van der Waals surface area contributed by atoms with Gasteiger partial charge in [-0.1, -0.05) is 24.3 Å². The molecule has 2 heterocycles. The molecule has 0 radical (unpaired) electrons. The van der Waals surface area contributed by atoms with Gasteiger partial charge in [0.25, 0.3) is 5.91 Å². The molecular formula is C33H25F2N5O5. The maximum atomic E-state index is 14.1. The normalized spacial score (nSPS) is 11.1. The van der Waals surface area contributed by atoms with Crippen LogP contribution in [0.4, 0.5) is 20.4 Å². The standard InChI is InChI=1S/C33H25F2N5O5/c1-44-22-4-2-3-21(12-22)38-33-39-26-13-23-28(41)15-29(19-6-8-20(9-7-19)32(43)37-16-31(36)42)45-30(23)14-27(26)40(33)17-18-5-10-24(34)25(35)11-18/h2-15H,16-17H2,1H3,(H2,36,42)(H,37,43)(H,38,39). The lowest BCUT2D eigenvalue weighted by molar-refractivity contribution is -0.117. The Morgan fingerprint density at radius 1 is 0.978 bits per heavy atom. The van der Waals surface area contributed by atoms with E-state index < -0.39 is 23.4 Å². The lowest BCUT2D eigenvalue weighted by atomic mass is 10.1. The van der Waals surface area contributed by atoms with E-state index in [4.69, 9.17) is 19.9 Å². The van der Waals surface area contributed by atoms with E-state index >= 15 is 0 Å². The molecule has 0 fully saturated rings. The Morgan fingerprint density at radius 2 is 1.78 bits per heavy atom. The molecule has 6 aromatic rings. The first-order valence-electron chi connectivity index (χ1n) is 13.7. The van der Waals surface area contributed by atoms with E-state index in [-0.39, 0.29) is 29.9 Å². The summed E-state index contributed by atoms with van der Waals surface area (Å²) in [7, 11) is 1.55. The van der Waals surface area contributed by atoms with E-state index in [9.17, 15) is 23.2 Å². The van der Waals surface area contributed by atoms with E-state index in [0.29, 0.717) is 50.5 Å². The average molecular weight is 610 g/mol. The fourth-order valence-corrected chi connectivity index (χ4v) is 4.88. The van der Waals surface area contributed by atoms with E-state index in [0.717, 1.165) is 12.1 Å². The smallest absolute Gasteiger partial charge is 0.251 e. The second-order valence-electron chi connectivity index (χ2n) is 10.2. The van der Waals surface area contributed by atoms with Crippen molar-refractivity contribution in [1.29, 1.82) is 0 Å². The Balaban J connectivity index is 1.43. The van der Waals surface area contributed by atoms with Gasteiger partial charge in [-0.05, 0) is 48.0 Å². The molecule has 0 aliphatic carbocycles. The number of carbonyl (C=O) groups is 2. The van der Waals surface area contributed by atoms with Gasteiger partial charge in [0.1, 0.15) is 17.1 Å². The molecule has 0 unspecified atom stereocenters. The zero-order valence-electron chi connectivity index (χ0n) is 23.8. The molecule has 2 aromatic heterocycles. The van der Waals surface area contributed by atoms with Gasteiger partial charge >= 0.3 is 0 Å². The number of fused-ring (bicyclic) bond motifs is 2. The number of nitrogens with two attached hydrogens (primary N) is 1. The predicted molar refractivity (Wildman–Crippen MR) is 164 cm³/mol. The minimum atomic E-state index is -0.975. The molecule has 2 amide bonds. The number of carbonyl (C=O) groups excluding carboxylic acids is 2. The van der Waals surface area contributed by atoms with Crippen LogP contribution in [-0.4, -0.2) is 35.0 Å². The van der Waals surface area contributed by atoms with Crippen LogP contribution >= 0.6 is 0 Å². The molecule has 0 aliphatic rings. The summed E-state index contributed by atoms with van der Waals surface area (Å²) in [5, 5.41) is 5.96. The Morgan fingerprint density at radius 3 is 2.51 bits per heavy atom. The number of hydrogen-bond donors (Lipinski definition) is 3. The highest BCUT2D eigenvalue weighted by molar-refractivity contribution is 5.97. The number of anilines is 2. The van der Waals surface area contributed by atoms with Crippen LogP contribution in [0, 0.1) is 11.6 Å². The van der Waals surface area contributed by atoms with Crippen molar-refractivity contribution in [2.45, 2.75) is 6.54 Å². The number of aromatic nitrogens is 2. The molecule has 0 atom stereocenters. The summed E-state index contributed by atoms with van der Waals surface area (Å²) in [6, 6.07) is 21.8. The van der Waals surface area contributed by atoms with E-state index in [1.165, 1.54) is 24.3 Å². The Bertz CT molecular complexity index is 2160. The number of imidazole rings is 1. The molecule has 6 rings (SSSR count). The molecule has 10 nitrogen and oxygen atoms in total. The van der Waals surface area contributed by atoms with E-state index in [1.54, 1.807) is 48.1 Å². The van der Waals surface area contributed by atoms with Crippen LogP contribution in [0.15, 0.2) is 94.1 Å². The molecule has 45 heavy (non-hydrogen) atoms. The number of hydrogen-bond acceptors (Lipinski definition) is 7. The Labute approximate surface area is 254 Å². The van der Waals surface area contributed by atoms with Crippen LogP contribution in [-0.2, 0) is 11.3 Å². The first kappa shape index (κ1) is 29.1. The van der Waals surface area contributed by atoms with Crippen LogP contribution in [0.3, 0.4) is 0 Å². The number of amides is 2. The maximum Gasteiger partial charge on any atom is 0.251 e. The zero-order chi connectivity index (χ0) is 31.7. The van der Waals surface area contributed by atoms with Gasteiger partial charge in [0.05, 0.1) is 36.6 Å². The van der Waals surface area contributed by atoms with Gasteiger partial charge in [0.15, 0.2) is 17.1 Å². The fraction of sp³-hybridized carbons (Fsp3) is 0.0909. The van der Waals surface area contributed by atoms with Crippen molar-refractivity contribution < 1.29 is 27.5 Å². The SMILES string of the molecule is COc1cccc(Nc2nc3cc4c(=O)cc(-c5ccc(C(=O)NCC(N)=O)cc5)oc4cc3n2Cc2ccc(F)c(F)c2)c1. The average Bonchev–Trinajstić information content (AvgIpc) is 3.35. The summed E-state index contributed by atoms with van der Waals surface area (Å²) in [6.45, 7) is -0.174. The van der Waals surface area contributed by atoms with Crippen molar-refractivity contribution in [3.63, 3.8) is 0 Å². The third-order valence-electron chi connectivity index (χ3n) is 7.10. The summed E-state index contributed by atoms with van der Waals surface area (Å²) in [6.07, 6.45) is 0. The van der Waals surface area contributed by atoms with Gasteiger partial charge in [0, 0.05) is 35.0 Å². The molecule has 0 saturated carbocycles. The minimum absolute atomic E-state index is 0.120. The van der Waals surface area contributed by atoms with Crippen molar-refractivity contribution in [2.75, 3.05) is 19.0 Å². The van der Waals surface area contributed by atoms with Crippen LogP contribution in [0.25, 0.3) is 33.3 Å². The molecule has 0 bridgehead atoms. The summed E-state index contributed by atoms with van der Waals surface area (Å²) in [5.74, 6) is -1.80. The fourth-order valence-electron chi connectivity index (χ4n) is 4.88. The quantitative estimate of drug-likeness (QED) is 0.207. The van der Waals surface area contributed by atoms with Crippen molar-refractivity contribution >= 4 is 45.5 Å². The number of ether oxygens (including phenoxy) is 1. The van der Waals surface area contributed by atoms with Crippen molar-refractivity contribution in [3.05, 3.63) is 118 Å². The number of nitrogens with one attached hydrogen (secondary N) is 2. The van der Waals surface area contributed by atoms with Gasteiger partial charge in [-0.2, -0.15) is 0 Å². The van der Waals surface area contributed by atoms with Gasteiger partial charge in [0.2, 0.25) is 11.9 Å². The van der Waals surface area contributed by atoms with Gasteiger partial charge < -0.3 is 30.1 Å². The summed E-state index contributed by atoms with van der Waals surface area (Å²) in [4.78, 5) is 41.2. The molecule has 0 aliphatic heterocycles. The molecule has 226 valence electrons. The van der Waals surface area contributed by atoms with Crippen LogP contribution in [0.2, 0.25) is 0 Å². The predicted octanol–water partition coefficient (Wildman–Crippen LogP) is 5.10. The highest BCUT2D eigenvalue weighted by Gasteiger charge is 2.17. The lowest BCUT2D eigenvalue weighted by Gasteiger charge is -2.12. The maximum absolute atomic E-state index is 14.1. The second kappa shape index (κ2) is 11.9. The molecular weight excluding hydrogens is 584 g/mol. The number of halogens is 2. The summed E-state index contributed by atoms with van der Waals surface area (Å²) >= 11 is 0. The molecule has 4 N–H and O–H groups in total. The number of benzene rings is 4. The van der Waals surface area contributed by atoms with E-state index in [1.807, 2.05) is 12.1 Å². The van der Waals surface area contributed by atoms with Crippen molar-refractivity contribution in [1.82, 2.24) is 14.9 Å². The second-order valence-corrected chi connectivity index (χ2v) is 10.2. The van der Waals surface area contributed by atoms with Crippen molar-refractivity contribution in [2.24, 2.45) is 5.73 Å². The largest absolute Gasteiger partial charge is 0.497 e. The highest BCUT2D eigenvalue weighted by Crippen LogP contribution is 2.30. The highest BCUT2D eigenvalue weighted by atomic mass is 19.2. The first-order valence-corrected chi connectivity index (χ1v) is 13.7. The van der Waals surface area contributed by atoms with Crippen LogP contribution < -0.4 is 26.5 Å². The summed E-state index contributed by atoms with van der Waals surface area (Å²) in [5.41, 5.74) is 8.07. The summed E-state index contributed by atoms with van der Waals surface area (Å²) < 4.78 is 41.1. The molecule has 0 spiro atoms. The number of nitrogens with zero attached hydrogens (tertiary/aromatic N) is 2. The molecule has 4 aromatic carbocycles. The number of methoxy groups -OCH3 is 1. The third kappa shape index (κ3) is 6.07. The zero-order valence-corrected chi connectivity index (χ0v) is 23.8.